The molecule has 0 radical (unpaired) electrons. The van der Waals surface area contributed by atoms with Crippen molar-refractivity contribution in [1.82, 2.24) is 24.2 Å². The van der Waals surface area contributed by atoms with Crippen molar-refractivity contribution in [3.05, 3.63) is 53.5 Å². The van der Waals surface area contributed by atoms with E-state index in [-0.39, 0.29) is 36.5 Å². The number of nitrogens with zero attached hydrogens (tertiary/aromatic N) is 6. The quantitative estimate of drug-likeness (QED) is 0.375. The molecule has 0 spiro atoms. The number of imidazole rings is 1. The Morgan fingerprint density at radius 2 is 1.95 bits per heavy atom. The highest BCUT2D eigenvalue weighted by Gasteiger charge is 2.41. The Morgan fingerprint density at radius 3 is 2.64 bits per heavy atom. The summed E-state index contributed by atoms with van der Waals surface area (Å²) in [6.07, 6.45) is -0.919. The lowest BCUT2D eigenvalue weighted by molar-refractivity contribution is -0.155. The van der Waals surface area contributed by atoms with Crippen molar-refractivity contribution < 1.29 is 37.3 Å². The summed E-state index contributed by atoms with van der Waals surface area (Å²) < 4.78 is 53.6. The van der Waals surface area contributed by atoms with Gasteiger partial charge in [-0.3, -0.25) is 23.7 Å². The van der Waals surface area contributed by atoms with E-state index in [4.69, 9.17) is 14.5 Å². The number of aromatic nitrogens is 4. The Kier molecular flexibility index (Phi) is 8.55. The monoisotopic (exact) mass is 590 g/mol. The van der Waals surface area contributed by atoms with Gasteiger partial charge in [-0.25, -0.2) is 4.98 Å². The summed E-state index contributed by atoms with van der Waals surface area (Å²) in [7, 11) is 0. The van der Waals surface area contributed by atoms with Crippen molar-refractivity contribution in [2.75, 3.05) is 31.2 Å². The minimum atomic E-state index is -4.47. The van der Waals surface area contributed by atoms with Crippen LogP contribution in [-0.2, 0) is 33.7 Å². The van der Waals surface area contributed by atoms with Crippen LogP contribution in [0, 0.1) is 5.92 Å². The van der Waals surface area contributed by atoms with Gasteiger partial charge in [-0.2, -0.15) is 18.3 Å². The molecule has 5 rings (SSSR count). The molecule has 42 heavy (non-hydrogen) atoms. The molecule has 1 N–H and O–H groups in total. The summed E-state index contributed by atoms with van der Waals surface area (Å²) >= 11 is 0. The number of rotatable bonds is 9. The van der Waals surface area contributed by atoms with E-state index in [1.807, 2.05) is 13.8 Å². The molecule has 0 aliphatic carbocycles. The predicted octanol–water partition coefficient (Wildman–Crippen LogP) is 3.71. The predicted molar refractivity (Wildman–Crippen MR) is 144 cm³/mol. The van der Waals surface area contributed by atoms with Gasteiger partial charge in [0.1, 0.15) is 5.82 Å². The number of alkyl halides is 3. The molecule has 2 aromatic heterocycles. The van der Waals surface area contributed by atoms with Gasteiger partial charge in [-0.1, -0.05) is 19.1 Å². The maximum Gasteiger partial charge on any atom is 0.416 e. The fraction of sp³-hybridized carbons (Fsp3) is 0.500. The number of aliphatic hydroxyl groups is 1. The van der Waals surface area contributed by atoms with Crippen LogP contribution in [0.15, 0.2) is 36.7 Å². The van der Waals surface area contributed by atoms with E-state index < -0.39 is 30.0 Å². The van der Waals surface area contributed by atoms with E-state index in [0.717, 1.165) is 12.1 Å². The van der Waals surface area contributed by atoms with Crippen LogP contribution in [0.4, 0.5) is 19.0 Å². The highest BCUT2D eigenvalue weighted by Crippen LogP contribution is 2.35. The number of anilines is 1. The second-order valence-corrected chi connectivity index (χ2v) is 10.3. The SMILES string of the molecule is CCCN1C(=O)c2c(nc(-c3cnn(Cc4cccc(C(F)(F)F)c4)c3)n2COC(=O)C2CCOCC2)N(CC)C1O. The van der Waals surface area contributed by atoms with Gasteiger partial charge in [-0.05, 0) is 43.9 Å². The Labute approximate surface area is 240 Å². The number of ether oxygens (including phenoxy) is 2. The summed E-state index contributed by atoms with van der Waals surface area (Å²) in [5.74, 6) is -0.676. The minimum absolute atomic E-state index is 0.0616. The van der Waals surface area contributed by atoms with Gasteiger partial charge in [-0.15, -0.1) is 0 Å². The number of carbonyl (C=O) groups is 2. The van der Waals surface area contributed by atoms with Crippen molar-refractivity contribution in [2.45, 2.75) is 58.9 Å². The molecule has 14 heteroatoms. The minimum Gasteiger partial charge on any atom is -0.444 e. The van der Waals surface area contributed by atoms with Gasteiger partial charge in [0.2, 0.25) is 6.35 Å². The first-order chi connectivity index (χ1) is 20.1. The van der Waals surface area contributed by atoms with Crippen LogP contribution >= 0.6 is 0 Å². The van der Waals surface area contributed by atoms with E-state index in [2.05, 4.69) is 5.10 Å². The third-order valence-electron chi connectivity index (χ3n) is 7.43. The third-order valence-corrected chi connectivity index (χ3v) is 7.43. The molecule has 3 aromatic rings. The number of hydrogen-bond acceptors (Lipinski definition) is 8. The van der Waals surface area contributed by atoms with Gasteiger partial charge in [0.05, 0.1) is 29.8 Å². The van der Waals surface area contributed by atoms with Gasteiger partial charge < -0.3 is 19.5 Å². The number of benzene rings is 1. The second kappa shape index (κ2) is 12.1. The molecule has 4 heterocycles. The van der Waals surface area contributed by atoms with Gasteiger partial charge >= 0.3 is 12.1 Å². The van der Waals surface area contributed by atoms with Crippen molar-refractivity contribution >= 4 is 17.7 Å². The molecule has 1 fully saturated rings. The van der Waals surface area contributed by atoms with Crippen molar-refractivity contribution in [3.63, 3.8) is 0 Å². The van der Waals surface area contributed by atoms with Crippen LogP contribution in [-0.4, -0.2) is 73.9 Å². The fourth-order valence-corrected chi connectivity index (χ4v) is 5.27. The lowest BCUT2D eigenvalue weighted by atomic mass is 10.0. The topological polar surface area (TPSA) is 115 Å². The van der Waals surface area contributed by atoms with Crippen molar-refractivity contribution in [3.8, 4) is 11.4 Å². The molecule has 0 saturated carbocycles. The Bertz CT molecular complexity index is 1430. The zero-order chi connectivity index (χ0) is 30.0. The standard InChI is InChI=1S/C28H33F3N6O5/c1-3-10-36-25(38)22-24(35(4-2)27(36)40)33-23(37(22)17-42-26(39)19-8-11-41-12-9-19)20-14-32-34(16-20)15-18-6-5-7-21(13-18)28(29,30)31/h5-7,13-14,16,19,27,40H,3-4,8-12,15,17H2,1-2H3. The molecule has 1 unspecified atom stereocenters. The first-order valence-electron chi connectivity index (χ1n) is 13.9. The molecule has 2 aliphatic heterocycles. The number of hydrogen-bond donors (Lipinski definition) is 1. The van der Waals surface area contributed by atoms with Crippen molar-refractivity contribution in [1.29, 1.82) is 0 Å². The third kappa shape index (κ3) is 5.86. The summed E-state index contributed by atoms with van der Waals surface area (Å²) in [6, 6.07) is 4.99. The summed E-state index contributed by atoms with van der Waals surface area (Å²) in [4.78, 5) is 34.2. The van der Waals surface area contributed by atoms with Gasteiger partial charge in [0.15, 0.2) is 18.2 Å². The van der Waals surface area contributed by atoms with Crippen molar-refractivity contribution in [2.24, 2.45) is 5.92 Å². The average molecular weight is 591 g/mol. The highest BCUT2D eigenvalue weighted by atomic mass is 19.4. The largest absolute Gasteiger partial charge is 0.444 e. The Morgan fingerprint density at radius 1 is 1.19 bits per heavy atom. The fourth-order valence-electron chi connectivity index (χ4n) is 5.27. The Hall–Kier alpha value is -3.91. The van der Waals surface area contributed by atoms with Crippen LogP contribution < -0.4 is 4.90 Å². The van der Waals surface area contributed by atoms with E-state index in [0.29, 0.717) is 56.7 Å². The first kappa shape index (κ1) is 29.6. The van der Waals surface area contributed by atoms with Crippen LogP contribution in [0.3, 0.4) is 0 Å². The van der Waals surface area contributed by atoms with Gasteiger partial charge in [0.25, 0.3) is 5.91 Å². The maximum absolute atomic E-state index is 13.7. The molecule has 2 aliphatic rings. The summed E-state index contributed by atoms with van der Waals surface area (Å²) in [5, 5.41) is 15.3. The molecule has 1 amide bonds. The van der Waals surface area contributed by atoms with E-state index in [1.165, 1.54) is 26.4 Å². The molecule has 1 saturated heterocycles. The normalized spacial score (nSPS) is 18.0. The number of halogens is 3. The maximum atomic E-state index is 13.7. The van der Waals surface area contributed by atoms with E-state index in [9.17, 15) is 27.9 Å². The van der Waals surface area contributed by atoms with Crippen LogP contribution in [0.25, 0.3) is 11.4 Å². The lowest BCUT2D eigenvalue weighted by Gasteiger charge is -2.40. The van der Waals surface area contributed by atoms with Gasteiger partial charge in [0, 0.05) is 32.5 Å². The number of esters is 1. The first-order valence-corrected chi connectivity index (χ1v) is 13.9. The van der Waals surface area contributed by atoms with E-state index in [1.54, 1.807) is 17.2 Å². The number of aliphatic hydroxyl groups excluding tert-OH is 1. The number of amides is 1. The summed E-state index contributed by atoms with van der Waals surface area (Å²) in [5.41, 5.74) is 0.267. The van der Waals surface area contributed by atoms with Crippen LogP contribution in [0.1, 0.15) is 54.7 Å². The van der Waals surface area contributed by atoms with Crippen LogP contribution in [0.5, 0.6) is 0 Å². The number of carbonyl (C=O) groups excluding carboxylic acids is 2. The second-order valence-electron chi connectivity index (χ2n) is 10.3. The molecule has 0 bridgehead atoms. The zero-order valence-electron chi connectivity index (χ0n) is 23.4. The molecular formula is C28H33F3N6O5. The van der Waals surface area contributed by atoms with Crippen LogP contribution in [0.2, 0.25) is 0 Å². The molecule has 11 nitrogen and oxygen atoms in total. The number of fused-ring (bicyclic) bond motifs is 1. The average Bonchev–Trinajstić information content (AvgIpc) is 3.59. The highest BCUT2D eigenvalue weighted by molar-refractivity contribution is 6.00. The molecule has 1 aromatic carbocycles. The summed E-state index contributed by atoms with van der Waals surface area (Å²) in [6.45, 7) is 5.04. The van der Waals surface area contributed by atoms with E-state index >= 15 is 0 Å². The Balaban J connectivity index is 1.50. The smallest absolute Gasteiger partial charge is 0.416 e. The zero-order valence-corrected chi connectivity index (χ0v) is 23.4. The molecular weight excluding hydrogens is 557 g/mol. The lowest BCUT2D eigenvalue weighted by Crippen LogP contribution is -2.56. The molecule has 1 atom stereocenters. The molecule has 226 valence electrons.